The zero-order valence-corrected chi connectivity index (χ0v) is 9.56. The molecule has 0 bridgehead atoms. The van der Waals surface area contributed by atoms with Crippen LogP contribution in [-0.2, 0) is 4.74 Å². The molecular weight excluding hydrogens is 216 g/mol. The van der Waals surface area contributed by atoms with Gasteiger partial charge in [-0.05, 0) is 13.3 Å². The van der Waals surface area contributed by atoms with Gasteiger partial charge < -0.3 is 15.2 Å². The van der Waals surface area contributed by atoms with Gasteiger partial charge in [0.15, 0.2) is 5.13 Å². The van der Waals surface area contributed by atoms with Crippen LogP contribution in [0.4, 0.5) is 5.13 Å². The average Bonchev–Trinajstić information content (AvgIpc) is 2.55. The van der Waals surface area contributed by atoms with Gasteiger partial charge in [0.05, 0.1) is 5.69 Å². The first-order chi connectivity index (χ1) is 7.15. The van der Waals surface area contributed by atoms with Crippen molar-refractivity contribution in [3.05, 3.63) is 10.6 Å². The van der Waals surface area contributed by atoms with Crippen molar-refractivity contribution in [2.75, 3.05) is 25.6 Å². The number of thiazole rings is 1. The van der Waals surface area contributed by atoms with Crippen LogP contribution >= 0.6 is 11.3 Å². The molecule has 2 N–H and O–H groups in total. The number of methoxy groups -OCH3 is 1. The highest BCUT2D eigenvalue weighted by atomic mass is 32.1. The Labute approximate surface area is 92.1 Å². The van der Waals surface area contributed by atoms with Crippen molar-refractivity contribution in [1.82, 2.24) is 4.98 Å². The summed E-state index contributed by atoms with van der Waals surface area (Å²) in [6.07, 6.45) is 0.873. The predicted octanol–water partition coefficient (Wildman–Crippen LogP) is 1.60. The minimum atomic E-state index is -0.921. The van der Waals surface area contributed by atoms with E-state index >= 15 is 0 Å². The molecule has 15 heavy (non-hydrogen) atoms. The monoisotopic (exact) mass is 230 g/mol. The molecule has 0 aliphatic rings. The molecule has 0 amide bonds. The molecule has 1 aromatic rings. The third-order valence-corrected chi connectivity index (χ3v) is 2.90. The fourth-order valence-electron chi connectivity index (χ4n) is 1.08. The molecule has 1 heterocycles. The second kappa shape index (κ2) is 5.67. The summed E-state index contributed by atoms with van der Waals surface area (Å²) < 4.78 is 4.90. The van der Waals surface area contributed by atoms with E-state index in [1.807, 2.05) is 0 Å². The van der Waals surface area contributed by atoms with Crippen LogP contribution in [0.2, 0.25) is 0 Å². The molecule has 1 aromatic heterocycles. The van der Waals surface area contributed by atoms with Gasteiger partial charge in [-0.1, -0.05) is 11.3 Å². The van der Waals surface area contributed by atoms with E-state index in [4.69, 9.17) is 9.84 Å². The van der Waals surface area contributed by atoms with E-state index in [1.54, 1.807) is 14.0 Å². The molecule has 0 unspecified atom stereocenters. The lowest BCUT2D eigenvalue weighted by molar-refractivity contribution is 0.0701. The predicted molar refractivity (Wildman–Crippen MR) is 58.8 cm³/mol. The number of nitrogens with zero attached hydrogens (tertiary/aromatic N) is 1. The number of hydrogen-bond donors (Lipinski definition) is 2. The zero-order valence-electron chi connectivity index (χ0n) is 8.74. The Morgan fingerprint density at radius 2 is 2.40 bits per heavy atom. The van der Waals surface area contributed by atoms with Crippen molar-refractivity contribution in [3.63, 3.8) is 0 Å². The molecule has 0 aliphatic heterocycles. The normalized spacial score (nSPS) is 10.3. The molecule has 0 saturated carbocycles. The number of nitrogens with one attached hydrogen (secondary N) is 1. The SMILES string of the molecule is COCCCNc1nc(C)c(C(=O)O)s1. The van der Waals surface area contributed by atoms with Gasteiger partial charge in [-0.25, -0.2) is 9.78 Å². The van der Waals surface area contributed by atoms with E-state index < -0.39 is 5.97 Å². The summed E-state index contributed by atoms with van der Waals surface area (Å²) >= 11 is 1.16. The lowest BCUT2D eigenvalue weighted by atomic mass is 10.4. The standard InChI is InChI=1S/C9H14N2O3S/c1-6-7(8(12)13)15-9(11-6)10-4-3-5-14-2/h3-5H2,1-2H3,(H,10,11)(H,12,13). The fraction of sp³-hybridized carbons (Fsp3) is 0.556. The largest absolute Gasteiger partial charge is 0.477 e. The van der Waals surface area contributed by atoms with E-state index in [2.05, 4.69) is 10.3 Å². The van der Waals surface area contributed by atoms with Gasteiger partial charge in [0, 0.05) is 20.3 Å². The van der Waals surface area contributed by atoms with Crippen molar-refractivity contribution in [2.24, 2.45) is 0 Å². The van der Waals surface area contributed by atoms with Crippen LogP contribution < -0.4 is 5.32 Å². The van der Waals surface area contributed by atoms with Gasteiger partial charge in [-0.2, -0.15) is 0 Å². The highest BCUT2D eigenvalue weighted by Gasteiger charge is 2.13. The Hall–Kier alpha value is -1.14. The number of carboxylic acids is 1. The summed E-state index contributed by atoms with van der Waals surface area (Å²) in [4.78, 5) is 15.1. The Morgan fingerprint density at radius 1 is 1.67 bits per heavy atom. The summed E-state index contributed by atoms with van der Waals surface area (Å²) in [5.74, 6) is -0.921. The van der Waals surface area contributed by atoms with E-state index in [1.165, 1.54) is 0 Å². The number of carboxylic acid groups (broad SMARTS) is 1. The first-order valence-electron chi connectivity index (χ1n) is 4.58. The second-order valence-corrected chi connectivity index (χ2v) is 4.01. The van der Waals surface area contributed by atoms with Gasteiger partial charge in [0.1, 0.15) is 4.88 Å². The zero-order chi connectivity index (χ0) is 11.3. The summed E-state index contributed by atoms with van der Waals surface area (Å²) in [6.45, 7) is 3.11. The number of aromatic carboxylic acids is 1. The third kappa shape index (κ3) is 3.49. The molecule has 6 heteroatoms. The molecule has 0 aliphatic carbocycles. The molecule has 0 radical (unpaired) electrons. The first-order valence-corrected chi connectivity index (χ1v) is 5.40. The van der Waals surface area contributed by atoms with Crippen molar-refractivity contribution in [2.45, 2.75) is 13.3 Å². The molecule has 0 saturated heterocycles. The van der Waals surface area contributed by atoms with Crippen LogP contribution in [-0.4, -0.2) is 36.3 Å². The number of carbonyl (C=O) groups is 1. The maximum atomic E-state index is 10.7. The van der Waals surface area contributed by atoms with Crippen LogP contribution in [0.5, 0.6) is 0 Å². The Kier molecular flexibility index (Phi) is 4.51. The molecule has 5 nitrogen and oxygen atoms in total. The van der Waals surface area contributed by atoms with Crippen molar-refractivity contribution >= 4 is 22.4 Å². The molecule has 0 aromatic carbocycles. The van der Waals surface area contributed by atoms with E-state index in [0.717, 1.165) is 24.3 Å². The number of aromatic nitrogens is 1. The molecular formula is C9H14N2O3S. The van der Waals surface area contributed by atoms with Crippen molar-refractivity contribution in [1.29, 1.82) is 0 Å². The lowest BCUT2D eigenvalue weighted by Gasteiger charge is -2.00. The van der Waals surface area contributed by atoms with Gasteiger partial charge in [-0.3, -0.25) is 0 Å². The average molecular weight is 230 g/mol. The highest BCUT2D eigenvalue weighted by molar-refractivity contribution is 7.17. The minimum absolute atomic E-state index is 0.296. The van der Waals surface area contributed by atoms with Crippen LogP contribution in [0, 0.1) is 6.92 Å². The number of rotatable bonds is 6. The van der Waals surface area contributed by atoms with E-state index in [0.29, 0.717) is 22.3 Å². The lowest BCUT2D eigenvalue weighted by Crippen LogP contribution is -2.04. The van der Waals surface area contributed by atoms with Crippen molar-refractivity contribution in [3.8, 4) is 0 Å². The van der Waals surface area contributed by atoms with Gasteiger partial charge in [-0.15, -0.1) is 0 Å². The Balaban J connectivity index is 2.48. The summed E-state index contributed by atoms with van der Waals surface area (Å²) in [5, 5.41) is 12.5. The first kappa shape index (κ1) is 11.9. The van der Waals surface area contributed by atoms with Gasteiger partial charge >= 0.3 is 5.97 Å². The summed E-state index contributed by atoms with van der Waals surface area (Å²) in [6, 6.07) is 0. The molecule has 84 valence electrons. The number of aryl methyl sites for hydroxylation is 1. The summed E-state index contributed by atoms with van der Waals surface area (Å²) in [5.41, 5.74) is 0.557. The topological polar surface area (TPSA) is 71.5 Å². The van der Waals surface area contributed by atoms with E-state index in [-0.39, 0.29) is 0 Å². The fourth-order valence-corrected chi connectivity index (χ4v) is 1.91. The minimum Gasteiger partial charge on any atom is -0.477 e. The van der Waals surface area contributed by atoms with Crippen LogP contribution in [0.25, 0.3) is 0 Å². The Bertz CT molecular complexity index is 338. The smallest absolute Gasteiger partial charge is 0.347 e. The maximum absolute atomic E-state index is 10.7. The second-order valence-electron chi connectivity index (χ2n) is 3.01. The quantitative estimate of drug-likeness (QED) is 0.726. The van der Waals surface area contributed by atoms with Gasteiger partial charge in [0.2, 0.25) is 0 Å². The summed E-state index contributed by atoms with van der Waals surface area (Å²) in [7, 11) is 1.65. The van der Waals surface area contributed by atoms with E-state index in [9.17, 15) is 4.79 Å². The van der Waals surface area contributed by atoms with Crippen LogP contribution in [0.15, 0.2) is 0 Å². The molecule has 0 spiro atoms. The molecule has 0 atom stereocenters. The third-order valence-electron chi connectivity index (χ3n) is 1.79. The molecule has 1 rings (SSSR count). The number of hydrogen-bond acceptors (Lipinski definition) is 5. The van der Waals surface area contributed by atoms with Gasteiger partial charge in [0.25, 0.3) is 0 Å². The molecule has 0 fully saturated rings. The highest BCUT2D eigenvalue weighted by Crippen LogP contribution is 2.22. The van der Waals surface area contributed by atoms with Crippen LogP contribution in [0.3, 0.4) is 0 Å². The Morgan fingerprint density at radius 3 is 2.93 bits per heavy atom. The number of ether oxygens (including phenoxy) is 1. The van der Waals surface area contributed by atoms with Crippen molar-refractivity contribution < 1.29 is 14.6 Å². The van der Waals surface area contributed by atoms with Crippen LogP contribution in [0.1, 0.15) is 21.8 Å². The number of anilines is 1. The maximum Gasteiger partial charge on any atom is 0.347 e.